The second kappa shape index (κ2) is 8.80. The fourth-order valence-electron chi connectivity index (χ4n) is 3.24. The molecule has 1 aliphatic carbocycles. The SMILES string of the molecule is CCC(=O)OC1CCC(C(=O)Oc2ccc(-c3ccc(F)cc3)cc2)CC1. The van der Waals surface area contributed by atoms with Gasteiger partial charge in [0, 0.05) is 6.42 Å². The van der Waals surface area contributed by atoms with Gasteiger partial charge in [0.1, 0.15) is 17.7 Å². The molecule has 0 heterocycles. The first-order chi connectivity index (χ1) is 13.0. The van der Waals surface area contributed by atoms with E-state index in [4.69, 9.17) is 9.47 Å². The highest BCUT2D eigenvalue weighted by molar-refractivity contribution is 5.75. The first-order valence-corrected chi connectivity index (χ1v) is 9.32. The van der Waals surface area contributed by atoms with E-state index in [0.717, 1.165) is 11.1 Å². The van der Waals surface area contributed by atoms with Crippen molar-refractivity contribution in [3.8, 4) is 16.9 Å². The van der Waals surface area contributed by atoms with Crippen LogP contribution in [0, 0.1) is 11.7 Å². The summed E-state index contributed by atoms with van der Waals surface area (Å²) < 4.78 is 23.8. The Hall–Kier alpha value is -2.69. The van der Waals surface area contributed by atoms with Crippen molar-refractivity contribution in [1.82, 2.24) is 0 Å². The molecule has 1 saturated carbocycles. The summed E-state index contributed by atoms with van der Waals surface area (Å²) in [6.45, 7) is 1.77. The number of esters is 2. The Morgan fingerprint density at radius 2 is 1.48 bits per heavy atom. The van der Waals surface area contributed by atoms with Crippen molar-refractivity contribution >= 4 is 11.9 Å². The molecule has 0 saturated heterocycles. The molecule has 4 nitrogen and oxygen atoms in total. The van der Waals surface area contributed by atoms with Crippen molar-refractivity contribution in [2.75, 3.05) is 0 Å². The molecule has 1 aliphatic rings. The highest BCUT2D eigenvalue weighted by Crippen LogP contribution is 2.29. The summed E-state index contributed by atoms with van der Waals surface area (Å²) in [6.07, 6.45) is 2.99. The minimum absolute atomic E-state index is 0.0866. The van der Waals surface area contributed by atoms with Crippen LogP contribution >= 0.6 is 0 Å². The van der Waals surface area contributed by atoms with E-state index in [1.165, 1.54) is 12.1 Å². The molecule has 0 N–H and O–H groups in total. The normalized spacial score (nSPS) is 19.3. The molecule has 1 fully saturated rings. The maximum absolute atomic E-state index is 13.0. The number of rotatable bonds is 5. The van der Waals surface area contributed by atoms with Crippen LogP contribution < -0.4 is 4.74 Å². The summed E-state index contributed by atoms with van der Waals surface area (Å²) in [6, 6.07) is 13.4. The number of ether oxygens (including phenoxy) is 2. The molecule has 0 radical (unpaired) electrons. The van der Waals surface area contributed by atoms with E-state index >= 15 is 0 Å². The van der Waals surface area contributed by atoms with E-state index in [-0.39, 0.29) is 29.8 Å². The van der Waals surface area contributed by atoms with E-state index in [9.17, 15) is 14.0 Å². The first kappa shape index (κ1) is 19.1. The highest BCUT2D eigenvalue weighted by atomic mass is 19.1. The summed E-state index contributed by atoms with van der Waals surface area (Å²) in [5.41, 5.74) is 1.82. The maximum atomic E-state index is 13.0. The van der Waals surface area contributed by atoms with Gasteiger partial charge in [-0.15, -0.1) is 0 Å². The van der Waals surface area contributed by atoms with Crippen molar-refractivity contribution < 1.29 is 23.5 Å². The molecule has 0 atom stereocenters. The number of hydrogen-bond donors (Lipinski definition) is 0. The minimum Gasteiger partial charge on any atom is -0.462 e. The molecule has 142 valence electrons. The Labute approximate surface area is 158 Å². The van der Waals surface area contributed by atoms with Gasteiger partial charge in [-0.3, -0.25) is 9.59 Å². The van der Waals surface area contributed by atoms with Crippen LogP contribution in [0.3, 0.4) is 0 Å². The van der Waals surface area contributed by atoms with Gasteiger partial charge in [-0.05, 0) is 61.1 Å². The van der Waals surface area contributed by atoms with Gasteiger partial charge in [0.25, 0.3) is 0 Å². The van der Waals surface area contributed by atoms with E-state index in [1.807, 2.05) is 12.1 Å². The molecule has 0 bridgehead atoms. The second-order valence-electron chi connectivity index (χ2n) is 6.77. The molecule has 2 aromatic rings. The summed E-state index contributed by atoms with van der Waals surface area (Å²) in [5.74, 6) is -0.390. The van der Waals surface area contributed by atoms with Gasteiger partial charge in [0.2, 0.25) is 0 Å². The molecular weight excluding hydrogens is 347 g/mol. The topological polar surface area (TPSA) is 52.6 Å². The lowest BCUT2D eigenvalue weighted by molar-refractivity contribution is -0.151. The molecule has 27 heavy (non-hydrogen) atoms. The third-order valence-electron chi connectivity index (χ3n) is 4.84. The second-order valence-corrected chi connectivity index (χ2v) is 6.77. The third kappa shape index (κ3) is 5.16. The smallest absolute Gasteiger partial charge is 0.314 e. The first-order valence-electron chi connectivity index (χ1n) is 9.32. The Morgan fingerprint density at radius 1 is 0.926 bits per heavy atom. The Bertz CT molecular complexity index is 775. The lowest BCUT2D eigenvalue weighted by atomic mass is 9.87. The number of benzene rings is 2. The third-order valence-corrected chi connectivity index (χ3v) is 4.84. The van der Waals surface area contributed by atoms with Crippen LogP contribution in [-0.2, 0) is 14.3 Å². The Morgan fingerprint density at radius 3 is 2.04 bits per heavy atom. The van der Waals surface area contributed by atoms with Crippen LogP contribution in [0.25, 0.3) is 11.1 Å². The predicted molar refractivity (Wildman–Crippen MR) is 99.6 cm³/mol. The molecule has 0 aliphatic heterocycles. The molecule has 0 unspecified atom stereocenters. The van der Waals surface area contributed by atoms with Crippen molar-refractivity contribution in [3.63, 3.8) is 0 Å². The summed E-state index contributed by atoms with van der Waals surface area (Å²) in [5, 5.41) is 0. The number of carbonyl (C=O) groups is 2. The predicted octanol–water partition coefficient (Wildman–Crippen LogP) is 4.91. The number of halogens is 1. The molecule has 3 rings (SSSR count). The fraction of sp³-hybridized carbons (Fsp3) is 0.364. The molecule has 0 spiro atoms. The van der Waals surface area contributed by atoms with Crippen molar-refractivity contribution in [2.24, 2.45) is 5.92 Å². The van der Waals surface area contributed by atoms with Gasteiger partial charge in [-0.2, -0.15) is 0 Å². The van der Waals surface area contributed by atoms with Crippen LogP contribution in [0.2, 0.25) is 0 Å². The summed E-state index contributed by atoms with van der Waals surface area (Å²) >= 11 is 0. The average Bonchev–Trinajstić information content (AvgIpc) is 2.69. The number of hydrogen-bond acceptors (Lipinski definition) is 4. The highest BCUT2D eigenvalue weighted by Gasteiger charge is 2.29. The average molecular weight is 370 g/mol. The Kier molecular flexibility index (Phi) is 6.22. The van der Waals surface area contributed by atoms with Gasteiger partial charge >= 0.3 is 11.9 Å². The largest absolute Gasteiger partial charge is 0.462 e. The molecule has 0 amide bonds. The van der Waals surface area contributed by atoms with Gasteiger partial charge in [0.15, 0.2) is 0 Å². The zero-order chi connectivity index (χ0) is 19.2. The van der Waals surface area contributed by atoms with E-state index < -0.39 is 0 Å². The molecule has 2 aromatic carbocycles. The summed E-state index contributed by atoms with van der Waals surface area (Å²) in [4.78, 5) is 23.7. The van der Waals surface area contributed by atoms with Crippen LogP contribution in [-0.4, -0.2) is 18.0 Å². The van der Waals surface area contributed by atoms with Crippen molar-refractivity contribution in [2.45, 2.75) is 45.1 Å². The lowest BCUT2D eigenvalue weighted by Gasteiger charge is -2.26. The quantitative estimate of drug-likeness (QED) is 0.554. The lowest BCUT2D eigenvalue weighted by Crippen LogP contribution is -2.30. The molecular formula is C22H23FO4. The van der Waals surface area contributed by atoms with Gasteiger partial charge in [-0.25, -0.2) is 4.39 Å². The van der Waals surface area contributed by atoms with Crippen LogP contribution in [0.15, 0.2) is 48.5 Å². The van der Waals surface area contributed by atoms with Gasteiger partial charge < -0.3 is 9.47 Å². The van der Waals surface area contributed by atoms with E-state index in [1.54, 1.807) is 31.2 Å². The van der Waals surface area contributed by atoms with Crippen LogP contribution in [0.4, 0.5) is 4.39 Å². The zero-order valence-electron chi connectivity index (χ0n) is 15.3. The zero-order valence-corrected chi connectivity index (χ0v) is 15.3. The van der Waals surface area contributed by atoms with Crippen molar-refractivity contribution in [1.29, 1.82) is 0 Å². The molecule has 5 heteroatoms. The van der Waals surface area contributed by atoms with E-state index in [2.05, 4.69) is 0 Å². The molecule has 0 aromatic heterocycles. The van der Waals surface area contributed by atoms with Gasteiger partial charge in [0.05, 0.1) is 5.92 Å². The standard InChI is InChI=1S/C22H23FO4/c1-2-21(24)26-19-13-7-17(8-14-19)22(25)27-20-11-5-16(6-12-20)15-3-9-18(23)10-4-15/h3-6,9-12,17,19H,2,7-8,13-14H2,1H3. The fourth-order valence-corrected chi connectivity index (χ4v) is 3.24. The van der Waals surface area contributed by atoms with Crippen LogP contribution in [0.5, 0.6) is 5.75 Å². The van der Waals surface area contributed by atoms with E-state index in [0.29, 0.717) is 37.9 Å². The Balaban J connectivity index is 1.52. The van der Waals surface area contributed by atoms with Crippen molar-refractivity contribution in [3.05, 3.63) is 54.3 Å². The minimum atomic E-state index is -0.275. The number of carbonyl (C=O) groups excluding carboxylic acids is 2. The maximum Gasteiger partial charge on any atom is 0.314 e. The van der Waals surface area contributed by atoms with Gasteiger partial charge in [-0.1, -0.05) is 31.2 Å². The monoisotopic (exact) mass is 370 g/mol. The van der Waals surface area contributed by atoms with Crippen LogP contribution in [0.1, 0.15) is 39.0 Å². The summed E-state index contributed by atoms with van der Waals surface area (Å²) in [7, 11) is 0.